The third-order valence-corrected chi connectivity index (χ3v) is 4.46. The van der Waals surface area contributed by atoms with E-state index in [1.807, 2.05) is 13.0 Å². The summed E-state index contributed by atoms with van der Waals surface area (Å²) in [7, 11) is 0. The lowest BCUT2D eigenvalue weighted by molar-refractivity contribution is -0.114. The first-order valence-electron chi connectivity index (χ1n) is 9.67. The van der Waals surface area contributed by atoms with Crippen LogP contribution in [0.1, 0.15) is 110 Å². The van der Waals surface area contributed by atoms with Gasteiger partial charge >= 0.3 is 0 Å². The number of nitrogens with two attached hydrogens (primary N) is 1. The lowest BCUT2D eigenvalue weighted by Crippen LogP contribution is -2.13. The van der Waals surface area contributed by atoms with Crippen molar-refractivity contribution in [3.63, 3.8) is 0 Å². The summed E-state index contributed by atoms with van der Waals surface area (Å²) in [6.45, 7) is 4.17. The Kier molecular flexibility index (Phi) is 16.0. The Balaban J connectivity index is 3.16. The average molecular weight is 310 g/mol. The third-order valence-electron chi connectivity index (χ3n) is 4.46. The molecule has 2 N–H and O–H groups in total. The molecule has 0 spiro atoms. The summed E-state index contributed by atoms with van der Waals surface area (Å²) in [4.78, 5) is 11.0. The highest BCUT2D eigenvalue weighted by atomic mass is 16.1. The molecule has 0 atom stereocenters. The molecular formula is C20H39NO. The van der Waals surface area contributed by atoms with Gasteiger partial charge in [-0.05, 0) is 19.8 Å². The van der Waals surface area contributed by atoms with Gasteiger partial charge in [0.2, 0.25) is 5.91 Å². The van der Waals surface area contributed by atoms with Crippen molar-refractivity contribution in [3.05, 3.63) is 11.6 Å². The largest absolute Gasteiger partial charge is 0.366 e. The van der Waals surface area contributed by atoms with E-state index in [1.165, 1.54) is 83.5 Å². The standard InChI is InChI=1S/C20H39NO/c1-3-5-6-7-8-9-10-11-12-13-14-15-16-17-18-19(4-2)20(21)22/h4H,3,5-18H2,1-2H3,(H2,21,22). The molecule has 0 heterocycles. The van der Waals surface area contributed by atoms with Gasteiger partial charge in [-0.25, -0.2) is 0 Å². The molecule has 0 rings (SSSR count). The summed E-state index contributed by atoms with van der Waals surface area (Å²) in [6.07, 6.45) is 21.8. The molecule has 130 valence electrons. The highest BCUT2D eigenvalue weighted by Gasteiger charge is 2.02. The summed E-state index contributed by atoms with van der Waals surface area (Å²) in [5.74, 6) is -0.253. The number of carbonyl (C=O) groups excluding carboxylic acids is 1. The van der Waals surface area contributed by atoms with Crippen LogP contribution in [0.2, 0.25) is 0 Å². The van der Waals surface area contributed by atoms with Gasteiger partial charge in [-0.2, -0.15) is 0 Å². The lowest BCUT2D eigenvalue weighted by atomic mass is 10.0. The van der Waals surface area contributed by atoms with Crippen LogP contribution in [0.15, 0.2) is 11.6 Å². The van der Waals surface area contributed by atoms with Crippen LogP contribution in [-0.4, -0.2) is 5.91 Å². The van der Waals surface area contributed by atoms with Crippen molar-refractivity contribution in [1.29, 1.82) is 0 Å². The van der Waals surface area contributed by atoms with Crippen molar-refractivity contribution < 1.29 is 4.79 Å². The number of hydrogen-bond acceptors (Lipinski definition) is 1. The van der Waals surface area contributed by atoms with Crippen LogP contribution in [0.4, 0.5) is 0 Å². The Hall–Kier alpha value is -0.790. The predicted octanol–water partition coefficient (Wildman–Crippen LogP) is 6.29. The van der Waals surface area contributed by atoms with Crippen molar-refractivity contribution in [3.8, 4) is 0 Å². The maximum absolute atomic E-state index is 11.0. The first-order chi connectivity index (χ1) is 10.7. The number of unbranched alkanes of at least 4 members (excludes halogenated alkanes) is 13. The van der Waals surface area contributed by atoms with Crippen LogP contribution < -0.4 is 5.73 Å². The molecule has 2 heteroatoms. The van der Waals surface area contributed by atoms with E-state index in [9.17, 15) is 4.79 Å². The maximum atomic E-state index is 11.0. The number of primary amides is 1. The van der Waals surface area contributed by atoms with E-state index in [4.69, 9.17) is 5.73 Å². The number of rotatable bonds is 16. The number of carbonyl (C=O) groups is 1. The van der Waals surface area contributed by atoms with Gasteiger partial charge in [0.05, 0.1) is 0 Å². The smallest absolute Gasteiger partial charge is 0.244 e. The maximum Gasteiger partial charge on any atom is 0.244 e. The fourth-order valence-electron chi connectivity index (χ4n) is 2.92. The van der Waals surface area contributed by atoms with Gasteiger partial charge in [-0.15, -0.1) is 0 Å². The second-order valence-electron chi connectivity index (χ2n) is 6.52. The van der Waals surface area contributed by atoms with E-state index in [2.05, 4.69) is 6.92 Å². The molecule has 0 aromatic rings. The number of hydrogen-bond donors (Lipinski definition) is 1. The molecule has 1 amide bonds. The predicted molar refractivity (Wildman–Crippen MR) is 97.9 cm³/mol. The van der Waals surface area contributed by atoms with Gasteiger partial charge in [0, 0.05) is 5.57 Å². The van der Waals surface area contributed by atoms with Gasteiger partial charge in [-0.3, -0.25) is 4.79 Å². The normalized spacial score (nSPS) is 11.8. The van der Waals surface area contributed by atoms with E-state index in [-0.39, 0.29) is 5.91 Å². The molecular weight excluding hydrogens is 270 g/mol. The lowest BCUT2D eigenvalue weighted by Gasteiger charge is -2.04. The molecule has 0 aromatic heterocycles. The quantitative estimate of drug-likeness (QED) is 0.264. The van der Waals surface area contributed by atoms with Crippen LogP contribution in [0.5, 0.6) is 0 Å². The summed E-state index contributed by atoms with van der Waals surface area (Å²) < 4.78 is 0. The zero-order valence-electron chi connectivity index (χ0n) is 15.2. The Morgan fingerprint density at radius 1 is 0.727 bits per heavy atom. The average Bonchev–Trinajstić information content (AvgIpc) is 2.51. The molecule has 0 fully saturated rings. The highest BCUT2D eigenvalue weighted by Crippen LogP contribution is 2.14. The molecule has 0 unspecified atom stereocenters. The molecule has 0 bridgehead atoms. The fraction of sp³-hybridized carbons (Fsp3) is 0.850. The van der Waals surface area contributed by atoms with E-state index in [1.54, 1.807) is 0 Å². The van der Waals surface area contributed by atoms with E-state index in [0.717, 1.165) is 18.4 Å². The minimum atomic E-state index is -0.253. The molecule has 0 radical (unpaired) electrons. The monoisotopic (exact) mass is 309 g/mol. The Morgan fingerprint density at radius 2 is 1.09 bits per heavy atom. The summed E-state index contributed by atoms with van der Waals surface area (Å²) in [5.41, 5.74) is 6.08. The Morgan fingerprint density at radius 3 is 1.41 bits per heavy atom. The van der Waals surface area contributed by atoms with Gasteiger partial charge in [0.15, 0.2) is 0 Å². The SMILES string of the molecule is CC=C(CCCCCCCCCCCCCCCC)C(N)=O. The minimum Gasteiger partial charge on any atom is -0.366 e. The number of allylic oxidation sites excluding steroid dienone is 1. The van der Waals surface area contributed by atoms with Crippen molar-refractivity contribution in [2.24, 2.45) is 5.73 Å². The van der Waals surface area contributed by atoms with Crippen LogP contribution >= 0.6 is 0 Å². The first-order valence-corrected chi connectivity index (χ1v) is 9.67. The fourth-order valence-corrected chi connectivity index (χ4v) is 2.92. The molecule has 0 aliphatic carbocycles. The number of amides is 1. The van der Waals surface area contributed by atoms with Crippen LogP contribution in [0, 0.1) is 0 Å². The van der Waals surface area contributed by atoms with Crippen LogP contribution in [0.25, 0.3) is 0 Å². The van der Waals surface area contributed by atoms with Gasteiger partial charge in [0.25, 0.3) is 0 Å². The van der Waals surface area contributed by atoms with E-state index >= 15 is 0 Å². The van der Waals surface area contributed by atoms with Crippen LogP contribution in [0.3, 0.4) is 0 Å². The second-order valence-corrected chi connectivity index (χ2v) is 6.52. The molecule has 0 saturated carbocycles. The third kappa shape index (κ3) is 14.2. The minimum absolute atomic E-state index is 0.253. The molecule has 2 nitrogen and oxygen atoms in total. The van der Waals surface area contributed by atoms with Crippen LogP contribution in [-0.2, 0) is 4.79 Å². The van der Waals surface area contributed by atoms with Gasteiger partial charge in [0.1, 0.15) is 0 Å². The Labute approximate surface area is 138 Å². The zero-order valence-corrected chi connectivity index (χ0v) is 15.2. The van der Waals surface area contributed by atoms with Crippen molar-refractivity contribution in [2.75, 3.05) is 0 Å². The summed E-state index contributed by atoms with van der Waals surface area (Å²) in [5, 5.41) is 0. The summed E-state index contributed by atoms with van der Waals surface area (Å²) >= 11 is 0. The molecule has 0 aliphatic heterocycles. The van der Waals surface area contributed by atoms with Crippen molar-refractivity contribution in [2.45, 2.75) is 110 Å². The van der Waals surface area contributed by atoms with Crippen molar-refractivity contribution >= 4 is 5.91 Å². The Bertz CT molecular complexity index is 283. The van der Waals surface area contributed by atoms with Crippen molar-refractivity contribution in [1.82, 2.24) is 0 Å². The zero-order chi connectivity index (χ0) is 16.5. The molecule has 22 heavy (non-hydrogen) atoms. The summed E-state index contributed by atoms with van der Waals surface area (Å²) in [6, 6.07) is 0. The molecule has 0 aromatic carbocycles. The van der Waals surface area contributed by atoms with E-state index in [0.29, 0.717) is 0 Å². The van der Waals surface area contributed by atoms with Gasteiger partial charge < -0.3 is 5.73 Å². The van der Waals surface area contributed by atoms with E-state index < -0.39 is 0 Å². The topological polar surface area (TPSA) is 43.1 Å². The van der Waals surface area contributed by atoms with Gasteiger partial charge in [-0.1, -0.05) is 96.5 Å². The second kappa shape index (κ2) is 16.6. The highest BCUT2D eigenvalue weighted by molar-refractivity contribution is 5.91. The first kappa shape index (κ1) is 21.2. The molecule has 0 aliphatic rings. The molecule has 0 saturated heterocycles.